The molecule has 0 aliphatic rings. The number of aryl methyl sites for hydroxylation is 2. The van der Waals surface area contributed by atoms with Crippen LogP contribution in [0.1, 0.15) is 40.4 Å². The normalized spacial score (nSPS) is 12.6. The van der Waals surface area contributed by atoms with Gasteiger partial charge >= 0.3 is 5.97 Å². The lowest BCUT2D eigenvalue weighted by atomic mass is 10.0. The number of aromatic carboxylic acids is 1. The van der Waals surface area contributed by atoms with E-state index in [2.05, 4.69) is 5.10 Å². The van der Waals surface area contributed by atoms with Gasteiger partial charge in [0.15, 0.2) is 5.76 Å². The largest absolute Gasteiger partial charge is 0.478 e. The van der Waals surface area contributed by atoms with Gasteiger partial charge in [0.25, 0.3) is 0 Å². The van der Waals surface area contributed by atoms with Crippen LogP contribution >= 0.6 is 0 Å². The van der Waals surface area contributed by atoms with Crippen molar-refractivity contribution in [2.75, 3.05) is 0 Å². The molecule has 2 rings (SSSR count). The van der Waals surface area contributed by atoms with E-state index in [4.69, 9.17) is 9.52 Å². The van der Waals surface area contributed by atoms with Crippen molar-refractivity contribution < 1.29 is 19.4 Å². The number of aliphatic hydroxyl groups excluding tert-OH is 1. The van der Waals surface area contributed by atoms with Crippen LogP contribution in [0.4, 0.5) is 0 Å². The molecular weight excluding hydrogens is 236 g/mol. The van der Waals surface area contributed by atoms with Gasteiger partial charge in [-0.15, -0.1) is 0 Å². The lowest BCUT2D eigenvalue weighted by Gasteiger charge is -2.08. The van der Waals surface area contributed by atoms with Gasteiger partial charge in [-0.05, 0) is 12.5 Å². The summed E-state index contributed by atoms with van der Waals surface area (Å²) in [6.45, 7) is 1.92. The number of hydrogen-bond donors (Lipinski definition) is 2. The first-order valence-corrected chi connectivity index (χ1v) is 5.55. The number of nitrogens with zero attached hydrogens (tertiary/aromatic N) is 2. The van der Waals surface area contributed by atoms with E-state index in [1.165, 1.54) is 12.3 Å². The second kappa shape index (κ2) is 4.66. The van der Waals surface area contributed by atoms with Crippen LogP contribution in [0.25, 0.3) is 0 Å². The molecule has 0 amide bonds. The van der Waals surface area contributed by atoms with E-state index in [9.17, 15) is 9.90 Å². The minimum Gasteiger partial charge on any atom is -0.478 e. The Hall–Kier alpha value is -2.08. The summed E-state index contributed by atoms with van der Waals surface area (Å²) in [6.07, 6.45) is 2.45. The second-order valence-electron chi connectivity index (χ2n) is 3.96. The Bertz CT molecular complexity index is 570. The third kappa shape index (κ3) is 2.02. The van der Waals surface area contributed by atoms with Crippen LogP contribution < -0.4 is 0 Å². The maximum atomic E-state index is 11.0. The van der Waals surface area contributed by atoms with Gasteiger partial charge in [-0.25, -0.2) is 4.79 Å². The number of aliphatic hydroxyl groups is 1. The van der Waals surface area contributed by atoms with Crippen LogP contribution in [-0.4, -0.2) is 26.0 Å². The predicted molar refractivity (Wildman–Crippen MR) is 62.3 cm³/mol. The fourth-order valence-corrected chi connectivity index (χ4v) is 1.91. The zero-order valence-electron chi connectivity index (χ0n) is 10.1. The molecule has 0 radical (unpaired) electrons. The highest BCUT2D eigenvalue weighted by atomic mass is 16.4. The van der Waals surface area contributed by atoms with Gasteiger partial charge < -0.3 is 14.6 Å². The zero-order chi connectivity index (χ0) is 13.3. The molecule has 18 heavy (non-hydrogen) atoms. The third-order valence-electron chi connectivity index (χ3n) is 2.74. The molecular formula is C12H14N2O4. The third-order valence-corrected chi connectivity index (χ3v) is 2.74. The van der Waals surface area contributed by atoms with Crippen LogP contribution in [0.15, 0.2) is 22.9 Å². The van der Waals surface area contributed by atoms with Gasteiger partial charge in [0.1, 0.15) is 11.7 Å². The first-order valence-electron chi connectivity index (χ1n) is 5.55. The predicted octanol–water partition coefficient (Wildman–Crippen LogP) is 1.36. The fraction of sp³-hybridized carbons (Fsp3) is 0.333. The zero-order valence-corrected chi connectivity index (χ0v) is 10.1. The summed E-state index contributed by atoms with van der Waals surface area (Å²) in [4.78, 5) is 11.0. The van der Waals surface area contributed by atoms with Crippen molar-refractivity contribution in [3.05, 3.63) is 41.1 Å². The monoisotopic (exact) mass is 250 g/mol. The molecule has 0 spiro atoms. The molecule has 0 fully saturated rings. The summed E-state index contributed by atoms with van der Waals surface area (Å²) in [7, 11) is 1.75. The molecule has 0 aromatic carbocycles. The summed E-state index contributed by atoms with van der Waals surface area (Å²) < 4.78 is 6.67. The molecule has 96 valence electrons. The van der Waals surface area contributed by atoms with Gasteiger partial charge in [-0.3, -0.25) is 4.68 Å². The average Bonchev–Trinajstić information content (AvgIpc) is 2.93. The minimum atomic E-state index is -1.13. The Kier molecular flexibility index (Phi) is 3.20. The van der Waals surface area contributed by atoms with Gasteiger partial charge in [-0.2, -0.15) is 5.10 Å². The molecule has 0 saturated heterocycles. The van der Waals surface area contributed by atoms with Crippen LogP contribution in [0.5, 0.6) is 0 Å². The van der Waals surface area contributed by atoms with Crippen molar-refractivity contribution in [3.8, 4) is 0 Å². The number of furan rings is 1. The Balaban J connectivity index is 2.44. The number of rotatable bonds is 4. The molecule has 6 nitrogen and oxygen atoms in total. The van der Waals surface area contributed by atoms with E-state index < -0.39 is 12.1 Å². The summed E-state index contributed by atoms with van der Waals surface area (Å²) in [5, 5.41) is 23.4. The highest BCUT2D eigenvalue weighted by molar-refractivity contribution is 5.88. The molecule has 2 aromatic rings. The molecule has 0 aliphatic heterocycles. The van der Waals surface area contributed by atoms with E-state index in [0.29, 0.717) is 12.0 Å². The molecule has 1 unspecified atom stereocenters. The van der Waals surface area contributed by atoms with Crippen molar-refractivity contribution in [1.29, 1.82) is 0 Å². The standard InChI is InChI=1S/C12H14N2O4/c1-3-9-8(6-14(2)13-9)10(15)11-7(12(16)17)4-5-18-11/h4-6,10,15H,3H2,1-2H3,(H,16,17). The molecule has 6 heteroatoms. The first-order chi connectivity index (χ1) is 8.54. The Labute approximate surface area is 103 Å². The van der Waals surface area contributed by atoms with Crippen LogP contribution in [0.3, 0.4) is 0 Å². The van der Waals surface area contributed by atoms with Crippen LogP contribution in [0.2, 0.25) is 0 Å². The summed E-state index contributed by atoms with van der Waals surface area (Å²) >= 11 is 0. The fourth-order valence-electron chi connectivity index (χ4n) is 1.91. The van der Waals surface area contributed by atoms with Gasteiger partial charge in [0.05, 0.1) is 12.0 Å². The number of carbonyl (C=O) groups is 1. The van der Waals surface area contributed by atoms with Crippen LogP contribution in [-0.2, 0) is 13.5 Å². The molecule has 2 N–H and O–H groups in total. The Morgan fingerprint density at radius 3 is 2.94 bits per heavy atom. The van der Waals surface area contributed by atoms with E-state index in [-0.39, 0.29) is 11.3 Å². The van der Waals surface area contributed by atoms with Crippen molar-refractivity contribution in [2.45, 2.75) is 19.4 Å². The first kappa shape index (κ1) is 12.4. The highest BCUT2D eigenvalue weighted by Crippen LogP contribution is 2.28. The second-order valence-corrected chi connectivity index (χ2v) is 3.96. The van der Waals surface area contributed by atoms with Gasteiger partial charge in [0.2, 0.25) is 0 Å². The molecule has 2 aromatic heterocycles. The van der Waals surface area contributed by atoms with Crippen molar-refractivity contribution >= 4 is 5.97 Å². The summed E-state index contributed by atoms with van der Waals surface area (Å²) in [6, 6.07) is 1.32. The van der Waals surface area contributed by atoms with Crippen molar-refractivity contribution in [1.82, 2.24) is 9.78 Å². The molecule has 2 heterocycles. The average molecular weight is 250 g/mol. The molecule has 0 bridgehead atoms. The minimum absolute atomic E-state index is 0.0326. The van der Waals surface area contributed by atoms with Crippen molar-refractivity contribution in [3.63, 3.8) is 0 Å². The topological polar surface area (TPSA) is 88.5 Å². The lowest BCUT2D eigenvalue weighted by Crippen LogP contribution is -2.06. The van der Waals surface area contributed by atoms with Gasteiger partial charge in [-0.1, -0.05) is 6.92 Å². The highest BCUT2D eigenvalue weighted by Gasteiger charge is 2.25. The summed E-state index contributed by atoms with van der Waals surface area (Å²) in [5.74, 6) is -1.09. The quantitative estimate of drug-likeness (QED) is 0.855. The maximum Gasteiger partial charge on any atom is 0.339 e. The molecule has 0 aliphatic carbocycles. The Morgan fingerprint density at radius 1 is 1.61 bits per heavy atom. The Morgan fingerprint density at radius 2 is 2.33 bits per heavy atom. The number of aromatic nitrogens is 2. The SMILES string of the molecule is CCc1nn(C)cc1C(O)c1occc1C(=O)O. The van der Waals surface area contributed by atoms with E-state index in [0.717, 1.165) is 5.69 Å². The summed E-state index contributed by atoms with van der Waals surface area (Å²) in [5.41, 5.74) is 1.25. The lowest BCUT2D eigenvalue weighted by molar-refractivity contribution is 0.0687. The van der Waals surface area contributed by atoms with Crippen molar-refractivity contribution in [2.24, 2.45) is 7.05 Å². The molecule has 1 atom stereocenters. The van der Waals surface area contributed by atoms with E-state index >= 15 is 0 Å². The van der Waals surface area contributed by atoms with E-state index in [1.54, 1.807) is 17.9 Å². The van der Waals surface area contributed by atoms with Crippen LogP contribution in [0, 0.1) is 0 Å². The molecule has 0 saturated carbocycles. The number of hydrogen-bond acceptors (Lipinski definition) is 4. The number of carboxylic acid groups (broad SMARTS) is 1. The van der Waals surface area contributed by atoms with E-state index in [1.807, 2.05) is 6.92 Å². The smallest absolute Gasteiger partial charge is 0.339 e. The maximum absolute atomic E-state index is 11.0. The van der Waals surface area contributed by atoms with Gasteiger partial charge in [0, 0.05) is 18.8 Å². The number of carboxylic acids is 1.